The maximum Gasteiger partial charge on any atom is 0.308 e. The first-order valence-corrected chi connectivity index (χ1v) is 11.6. The van der Waals surface area contributed by atoms with Gasteiger partial charge in [0.25, 0.3) is 10.0 Å². The zero-order chi connectivity index (χ0) is 21.3. The zero-order valence-electron chi connectivity index (χ0n) is 15.8. The third-order valence-electron chi connectivity index (χ3n) is 4.54. The molecule has 0 aliphatic carbocycles. The van der Waals surface area contributed by atoms with Crippen LogP contribution in [0.15, 0.2) is 76.4 Å². The van der Waals surface area contributed by atoms with Crippen LogP contribution in [0, 0.1) is 0 Å². The van der Waals surface area contributed by atoms with Crippen molar-refractivity contribution in [1.82, 2.24) is 4.57 Å². The fourth-order valence-electron chi connectivity index (χ4n) is 3.07. The van der Waals surface area contributed by atoms with Crippen molar-refractivity contribution in [2.45, 2.75) is 11.4 Å². The number of rotatable bonds is 6. The van der Waals surface area contributed by atoms with Gasteiger partial charge in [0.05, 0.1) is 39.5 Å². The fourth-order valence-corrected chi connectivity index (χ4v) is 5.41. The van der Waals surface area contributed by atoms with Gasteiger partial charge in [-0.25, -0.2) is 8.42 Å². The molecule has 0 spiro atoms. The van der Waals surface area contributed by atoms with Crippen molar-refractivity contribution in [2.24, 2.45) is 0 Å². The molecular formula is C21H17ClN2O4S2. The monoisotopic (exact) mass is 460 g/mol. The van der Waals surface area contributed by atoms with Gasteiger partial charge >= 0.3 is 4.87 Å². The summed E-state index contributed by atoms with van der Waals surface area (Å²) in [6.07, 6.45) is 0. The van der Waals surface area contributed by atoms with Gasteiger partial charge in [0.1, 0.15) is 5.75 Å². The van der Waals surface area contributed by atoms with Gasteiger partial charge < -0.3 is 4.74 Å². The van der Waals surface area contributed by atoms with Crippen molar-refractivity contribution < 1.29 is 13.2 Å². The predicted octanol–water partition coefficient (Wildman–Crippen LogP) is 4.57. The number of benzene rings is 3. The van der Waals surface area contributed by atoms with Crippen molar-refractivity contribution >= 4 is 48.9 Å². The number of aromatic nitrogens is 1. The minimum Gasteiger partial charge on any atom is -0.495 e. The highest BCUT2D eigenvalue weighted by atomic mass is 35.5. The minimum absolute atomic E-state index is 0.0649. The number of thiazole rings is 1. The summed E-state index contributed by atoms with van der Waals surface area (Å²) in [6, 6.07) is 18.9. The van der Waals surface area contributed by atoms with E-state index >= 15 is 0 Å². The van der Waals surface area contributed by atoms with Crippen LogP contribution >= 0.6 is 22.9 Å². The molecule has 0 radical (unpaired) electrons. The molecular weight excluding hydrogens is 444 g/mol. The summed E-state index contributed by atoms with van der Waals surface area (Å²) in [6.45, 7) is 0.425. The van der Waals surface area contributed by atoms with Gasteiger partial charge in [-0.15, -0.1) is 0 Å². The molecule has 0 unspecified atom stereocenters. The highest BCUT2D eigenvalue weighted by Crippen LogP contribution is 2.29. The molecule has 0 fully saturated rings. The molecule has 0 aliphatic rings. The molecule has 9 heteroatoms. The Labute approximate surface area is 182 Å². The van der Waals surface area contributed by atoms with E-state index in [0.29, 0.717) is 33.2 Å². The van der Waals surface area contributed by atoms with Gasteiger partial charge in [-0.2, -0.15) is 0 Å². The second-order valence-corrected chi connectivity index (χ2v) is 9.61. The lowest BCUT2D eigenvalue weighted by Gasteiger charge is -2.10. The number of ether oxygens (including phenoxy) is 1. The number of hydrogen-bond acceptors (Lipinski definition) is 5. The molecule has 4 rings (SSSR count). The molecule has 0 atom stereocenters. The second-order valence-electron chi connectivity index (χ2n) is 6.52. The first-order valence-electron chi connectivity index (χ1n) is 8.91. The largest absolute Gasteiger partial charge is 0.495 e. The van der Waals surface area contributed by atoms with Gasteiger partial charge in [0, 0.05) is 0 Å². The summed E-state index contributed by atoms with van der Waals surface area (Å²) in [5.41, 5.74) is 2.00. The van der Waals surface area contributed by atoms with Crippen molar-refractivity contribution in [3.63, 3.8) is 0 Å². The molecule has 1 N–H and O–H groups in total. The molecule has 0 bridgehead atoms. The Morgan fingerprint density at radius 1 is 1.07 bits per heavy atom. The van der Waals surface area contributed by atoms with E-state index in [1.165, 1.54) is 25.3 Å². The number of anilines is 1. The van der Waals surface area contributed by atoms with Gasteiger partial charge in [-0.05, 0) is 42.0 Å². The lowest BCUT2D eigenvalue weighted by atomic mass is 10.2. The lowest BCUT2D eigenvalue weighted by molar-refractivity contribution is 0.415. The van der Waals surface area contributed by atoms with E-state index in [2.05, 4.69) is 4.72 Å². The Morgan fingerprint density at radius 2 is 1.83 bits per heavy atom. The SMILES string of the molecule is COc1ccc(NS(=O)(=O)c2ccc3c(c2)sc(=O)n3Cc2ccccc2)cc1Cl. The van der Waals surface area contributed by atoms with Crippen LogP contribution in [0.25, 0.3) is 10.2 Å². The first kappa shape index (κ1) is 20.5. The molecule has 3 aromatic carbocycles. The van der Waals surface area contributed by atoms with Crippen LogP contribution in [0.5, 0.6) is 5.75 Å². The standard InChI is InChI=1S/C21H17ClN2O4S2/c1-28-19-10-7-15(11-17(19)22)23-30(26,27)16-8-9-18-20(12-16)29-21(25)24(18)13-14-5-3-2-4-6-14/h2-12,23H,13H2,1H3. The Morgan fingerprint density at radius 3 is 2.53 bits per heavy atom. The Hall–Kier alpha value is -2.81. The molecule has 6 nitrogen and oxygen atoms in total. The van der Waals surface area contributed by atoms with Crippen LogP contribution in [0.4, 0.5) is 5.69 Å². The first-order chi connectivity index (χ1) is 14.4. The molecule has 0 aliphatic heterocycles. The molecule has 0 amide bonds. The predicted molar refractivity (Wildman–Crippen MR) is 120 cm³/mol. The van der Waals surface area contributed by atoms with Crippen LogP contribution in [-0.4, -0.2) is 20.1 Å². The van der Waals surface area contributed by atoms with E-state index in [0.717, 1.165) is 16.9 Å². The summed E-state index contributed by atoms with van der Waals surface area (Å²) >= 11 is 7.09. The maximum absolute atomic E-state index is 12.8. The van der Waals surface area contributed by atoms with Crippen LogP contribution in [0.1, 0.15) is 5.56 Å². The van der Waals surface area contributed by atoms with E-state index in [1.807, 2.05) is 30.3 Å². The number of halogens is 1. The summed E-state index contributed by atoms with van der Waals surface area (Å²) in [5, 5.41) is 0.296. The Bertz CT molecular complexity index is 1380. The van der Waals surface area contributed by atoms with Crippen molar-refractivity contribution in [3.05, 3.63) is 87.0 Å². The number of sulfonamides is 1. The number of nitrogens with one attached hydrogen (secondary N) is 1. The maximum atomic E-state index is 12.8. The minimum atomic E-state index is -3.86. The highest BCUT2D eigenvalue weighted by molar-refractivity contribution is 7.92. The lowest BCUT2D eigenvalue weighted by Crippen LogP contribution is -2.14. The summed E-state index contributed by atoms with van der Waals surface area (Å²) in [7, 11) is -2.38. The topological polar surface area (TPSA) is 77.4 Å². The summed E-state index contributed by atoms with van der Waals surface area (Å²) in [4.78, 5) is 12.4. The Kier molecular flexibility index (Phi) is 5.55. The molecule has 1 aromatic heterocycles. The van der Waals surface area contributed by atoms with Gasteiger partial charge in [-0.1, -0.05) is 53.3 Å². The van der Waals surface area contributed by atoms with E-state index < -0.39 is 10.0 Å². The van der Waals surface area contributed by atoms with Crippen LogP contribution in [0.3, 0.4) is 0 Å². The van der Waals surface area contributed by atoms with E-state index in [1.54, 1.807) is 22.8 Å². The number of fused-ring (bicyclic) bond motifs is 1. The Balaban J connectivity index is 1.66. The number of methoxy groups -OCH3 is 1. The molecule has 154 valence electrons. The molecule has 1 heterocycles. The zero-order valence-corrected chi connectivity index (χ0v) is 18.2. The highest BCUT2D eigenvalue weighted by Gasteiger charge is 2.18. The van der Waals surface area contributed by atoms with Gasteiger partial charge in [0.15, 0.2) is 0 Å². The van der Waals surface area contributed by atoms with E-state index in [-0.39, 0.29) is 9.77 Å². The van der Waals surface area contributed by atoms with Crippen LogP contribution < -0.4 is 14.3 Å². The third-order valence-corrected chi connectivity index (χ3v) is 7.15. The molecule has 4 aromatic rings. The van der Waals surface area contributed by atoms with Crippen LogP contribution in [0.2, 0.25) is 5.02 Å². The normalized spacial score (nSPS) is 11.5. The summed E-state index contributed by atoms with van der Waals surface area (Å²) in [5.74, 6) is 0.450. The molecule has 30 heavy (non-hydrogen) atoms. The number of hydrogen-bond donors (Lipinski definition) is 1. The summed E-state index contributed by atoms with van der Waals surface area (Å²) < 4.78 is 35.5. The van der Waals surface area contributed by atoms with Crippen molar-refractivity contribution in [3.8, 4) is 5.75 Å². The average molecular weight is 461 g/mol. The second kappa shape index (κ2) is 8.14. The van der Waals surface area contributed by atoms with E-state index in [4.69, 9.17) is 16.3 Å². The fraction of sp³-hybridized carbons (Fsp3) is 0.0952. The third kappa shape index (κ3) is 4.07. The smallest absolute Gasteiger partial charge is 0.308 e. The van der Waals surface area contributed by atoms with Crippen molar-refractivity contribution in [1.29, 1.82) is 0 Å². The van der Waals surface area contributed by atoms with Crippen molar-refractivity contribution in [2.75, 3.05) is 11.8 Å². The quantitative estimate of drug-likeness (QED) is 0.457. The van der Waals surface area contributed by atoms with Gasteiger partial charge in [-0.3, -0.25) is 14.1 Å². The average Bonchev–Trinajstić information content (AvgIpc) is 3.03. The van der Waals surface area contributed by atoms with Crippen LogP contribution in [-0.2, 0) is 16.6 Å². The molecule has 0 saturated heterocycles. The van der Waals surface area contributed by atoms with E-state index in [9.17, 15) is 13.2 Å². The van der Waals surface area contributed by atoms with Gasteiger partial charge in [0.2, 0.25) is 0 Å². The molecule has 0 saturated carbocycles. The number of nitrogens with zero attached hydrogens (tertiary/aromatic N) is 1.